The molecule has 134 valence electrons. The summed E-state index contributed by atoms with van der Waals surface area (Å²) in [5, 5.41) is 2.92. The Labute approximate surface area is 143 Å². The van der Waals surface area contributed by atoms with Crippen molar-refractivity contribution in [1.29, 1.82) is 0 Å². The number of nitrogens with one attached hydrogen (secondary N) is 1. The molecule has 5 nitrogen and oxygen atoms in total. The number of rotatable bonds is 5. The minimum Gasteiger partial charge on any atom is -0.376 e. The zero-order valence-corrected chi connectivity index (χ0v) is 15.2. The van der Waals surface area contributed by atoms with Gasteiger partial charge in [0.2, 0.25) is 5.91 Å². The summed E-state index contributed by atoms with van der Waals surface area (Å²) in [5.41, 5.74) is 0.601. The van der Waals surface area contributed by atoms with Crippen molar-refractivity contribution in [3.63, 3.8) is 0 Å². The van der Waals surface area contributed by atoms with Crippen molar-refractivity contribution < 1.29 is 17.6 Å². The number of sulfone groups is 1. The number of carbonyl (C=O) groups excluding carboxylic acids is 1. The number of piperidine rings is 1. The molecule has 0 aromatic heterocycles. The second-order valence-corrected chi connectivity index (χ2v) is 9.11. The number of hydrogen-bond donors (Lipinski definition) is 1. The average molecular weight is 356 g/mol. The van der Waals surface area contributed by atoms with Gasteiger partial charge < -0.3 is 10.2 Å². The number of likely N-dealkylation sites (tertiary alicyclic amines) is 1. The van der Waals surface area contributed by atoms with Crippen LogP contribution in [0.3, 0.4) is 0 Å². The third kappa shape index (κ3) is 5.47. The molecule has 2 atom stereocenters. The van der Waals surface area contributed by atoms with Crippen LogP contribution in [0.5, 0.6) is 0 Å². The van der Waals surface area contributed by atoms with Crippen LogP contribution in [0, 0.1) is 17.7 Å². The van der Waals surface area contributed by atoms with E-state index >= 15 is 0 Å². The molecule has 0 saturated carbocycles. The van der Waals surface area contributed by atoms with Gasteiger partial charge in [-0.2, -0.15) is 0 Å². The van der Waals surface area contributed by atoms with Crippen LogP contribution < -0.4 is 5.32 Å². The third-order valence-electron chi connectivity index (χ3n) is 4.14. The Hall–Kier alpha value is -1.63. The number of nitrogens with zero attached hydrogens (tertiary/aromatic N) is 1. The van der Waals surface area contributed by atoms with Crippen molar-refractivity contribution in [2.24, 2.45) is 11.8 Å². The van der Waals surface area contributed by atoms with E-state index in [0.717, 1.165) is 25.8 Å². The highest BCUT2D eigenvalue weighted by Gasteiger charge is 2.25. The summed E-state index contributed by atoms with van der Waals surface area (Å²) in [6, 6.07) is 4.27. The topological polar surface area (TPSA) is 66.5 Å². The van der Waals surface area contributed by atoms with Crippen LogP contribution in [-0.2, 0) is 20.4 Å². The standard InChI is InChI=1S/C17H25FN2O3S/c1-12-6-13(2)10-20(9-12)17(21)8-19-15-5-4-14(16(18)7-15)11-24(3,22)23/h4-5,7,12-13,19H,6,8-11H2,1-3H3/t12-,13-/m1/s1. The fraction of sp³-hybridized carbons (Fsp3) is 0.588. The van der Waals surface area contributed by atoms with Crippen LogP contribution >= 0.6 is 0 Å². The number of amides is 1. The number of anilines is 1. The highest BCUT2D eigenvalue weighted by atomic mass is 32.2. The van der Waals surface area contributed by atoms with Crippen molar-refractivity contribution in [3.05, 3.63) is 29.6 Å². The van der Waals surface area contributed by atoms with E-state index in [-0.39, 0.29) is 23.8 Å². The highest BCUT2D eigenvalue weighted by Crippen LogP contribution is 2.21. The Balaban J connectivity index is 1.94. The first kappa shape index (κ1) is 18.7. The average Bonchev–Trinajstić information content (AvgIpc) is 2.45. The van der Waals surface area contributed by atoms with E-state index in [1.54, 1.807) is 6.07 Å². The van der Waals surface area contributed by atoms with Gasteiger partial charge >= 0.3 is 0 Å². The maximum absolute atomic E-state index is 14.0. The van der Waals surface area contributed by atoms with Gasteiger partial charge in [-0.3, -0.25) is 4.79 Å². The first-order valence-electron chi connectivity index (χ1n) is 8.12. The largest absolute Gasteiger partial charge is 0.376 e. The van der Waals surface area contributed by atoms with E-state index < -0.39 is 15.7 Å². The van der Waals surface area contributed by atoms with E-state index in [1.165, 1.54) is 12.1 Å². The van der Waals surface area contributed by atoms with Gasteiger partial charge in [-0.05, 0) is 30.4 Å². The highest BCUT2D eigenvalue weighted by molar-refractivity contribution is 7.89. The quantitative estimate of drug-likeness (QED) is 0.879. The van der Waals surface area contributed by atoms with Gasteiger partial charge in [0, 0.05) is 30.6 Å². The number of benzene rings is 1. The molecule has 1 aliphatic heterocycles. The van der Waals surface area contributed by atoms with E-state index in [0.29, 0.717) is 17.5 Å². The molecule has 2 rings (SSSR count). The number of hydrogen-bond acceptors (Lipinski definition) is 4. The van der Waals surface area contributed by atoms with E-state index in [1.807, 2.05) is 4.90 Å². The molecule has 0 radical (unpaired) electrons. The summed E-state index contributed by atoms with van der Waals surface area (Å²) in [7, 11) is -3.28. The lowest BCUT2D eigenvalue weighted by molar-refractivity contribution is -0.131. The van der Waals surface area contributed by atoms with Crippen LogP contribution in [0.1, 0.15) is 25.8 Å². The molecule has 0 spiro atoms. The molecule has 1 fully saturated rings. The Morgan fingerprint density at radius 1 is 1.29 bits per heavy atom. The third-order valence-corrected chi connectivity index (χ3v) is 4.97. The molecule has 24 heavy (non-hydrogen) atoms. The maximum Gasteiger partial charge on any atom is 0.241 e. The zero-order valence-electron chi connectivity index (χ0n) is 14.4. The minimum atomic E-state index is -3.28. The molecular formula is C17H25FN2O3S. The second kappa shape index (κ2) is 7.51. The predicted molar refractivity (Wildman–Crippen MR) is 93.0 cm³/mol. The van der Waals surface area contributed by atoms with Crippen LogP contribution in [0.4, 0.5) is 10.1 Å². The van der Waals surface area contributed by atoms with Gasteiger partial charge in [-0.15, -0.1) is 0 Å². The second-order valence-electron chi connectivity index (χ2n) is 6.97. The lowest BCUT2D eigenvalue weighted by atomic mass is 9.92. The summed E-state index contributed by atoms with van der Waals surface area (Å²) in [5.74, 6) is 0.0599. The molecule has 1 heterocycles. The number of carbonyl (C=O) groups is 1. The SMILES string of the molecule is C[C@@H]1C[C@@H](C)CN(C(=O)CNc2ccc(CS(C)(=O)=O)c(F)c2)C1. The van der Waals surface area contributed by atoms with Crippen LogP contribution in [0.25, 0.3) is 0 Å². The summed E-state index contributed by atoms with van der Waals surface area (Å²) in [6.07, 6.45) is 2.20. The lowest BCUT2D eigenvalue weighted by Crippen LogP contribution is -2.44. The Kier molecular flexibility index (Phi) is 5.85. The van der Waals surface area contributed by atoms with Crippen molar-refractivity contribution in [2.45, 2.75) is 26.0 Å². The molecule has 1 amide bonds. The van der Waals surface area contributed by atoms with E-state index in [2.05, 4.69) is 19.2 Å². The molecule has 0 aliphatic carbocycles. The summed E-state index contributed by atoms with van der Waals surface area (Å²) < 4.78 is 36.5. The predicted octanol–water partition coefficient (Wildman–Crippen LogP) is 2.29. The maximum atomic E-state index is 14.0. The van der Waals surface area contributed by atoms with Crippen molar-refractivity contribution in [2.75, 3.05) is 31.2 Å². The van der Waals surface area contributed by atoms with E-state index in [4.69, 9.17) is 0 Å². The normalized spacial score (nSPS) is 21.6. The van der Waals surface area contributed by atoms with Gasteiger partial charge in [-0.1, -0.05) is 19.9 Å². The molecule has 1 aromatic rings. The fourth-order valence-electron chi connectivity index (χ4n) is 3.21. The summed E-state index contributed by atoms with van der Waals surface area (Å²) >= 11 is 0. The Morgan fingerprint density at radius 3 is 2.46 bits per heavy atom. The molecule has 1 aromatic carbocycles. The fourth-order valence-corrected chi connectivity index (χ4v) is 4.01. The smallest absolute Gasteiger partial charge is 0.241 e. The monoisotopic (exact) mass is 356 g/mol. The molecule has 1 aliphatic rings. The summed E-state index contributed by atoms with van der Waals surface area (Å²) in [4.78, 5) is 14.1. The van der Waals surface area contributed by atoms with Gasteiger partial charge in [0.1, 0.15) is 5.82 Å². The Morgan fingerprint density at radius 2 is 1.92 bits per heavy atom. The van der Waals surface area contributed by atoms with Crippen LogP contribution in [-0.4, -0.2) is 45.1 Å². The zero-order chi connectivity index (χ0) is 17.9. The van der Waals surface area contributed by atoms with Crippen molar-refractivity contribution >= 4 is 21.4 Å². The number of halogens is 1. The first-order valence-corrected chi connectivity index (χ1v) is 10.2. The van der Waals surface area contributed by atoms with E-state index in [9.17, 15) is 17.6 Å². The first-order chi connectivity index (χ1) is 11.1. The van der Waals surface area contributed by atoms with Gasteiger partial charge in [0.05, 0.1) is 12.3 Å². The van der Waals surface area contributed by atoms with Crippen LogP contribution in [0.2, 0.25) is 0 Å². The minimum absolute atomic E-state index is 0.00554. The Bertz CT molecular complexity index is 696. The summed E-state index contributed by atoms with van der Waals surface area (Å²) in [6.45, 7) is 5.89. The molecule has 0 bridgehead atoms. The van der Waals surface area contributed by atoms with Gasteiger partial charge in [0.25, 0.3) is 0 Å². The van der Waals surface area contributed by atoms with Gasteiger partial charge in [0.15, 0.2) is 9.84 Å². The molecular weight excluding hydrogens is 331 g/mol. The van der Waals surface area contributed by atoms with Crippen molar-refractivity contribution in [1.82, 2.24) is 4.90 Å². The lowest BCUT2D eigenvalue weighted by Gasteiger charge is -2.35. The molecule has 7 heteroatoms. The van der Waals surface area contributed by atoms with Crippen LogP contribution in [0.15, 0.2) is 18.2 Å². The molecule has 0 unspecified atom stereocenters. The van der Waals surface area contributed by atoms with Gasteiger partial charge in [-0.25, -0.2) is 12.8 Å². The van der Waals surface area contributed by atoms with Crippen molar-refractivity contribution in [3.8, 4) is 0 Å². The molecule has 1 saturated heterocycles. The molecule has 1 N–H and O–H groups in total.